The zero-order valence-corrected chi connectivity index (χ0v) is 10.4. The zero-order valence-electron chi connectivity index (χ0n) is 9.54. The van der Waals surface area contributed by atoms with E-state index in [4.69, 9.17) is 0 Å². The van der Waals surface area contributed by atoms with Crippen LogP contribution in [0.2, 0.25) is 0 Å². The normalized spacial score (nSPS) is 10.7. The molecule has 4 nitrogen and oxygen atoms in total. The van der Waals surface area contributed by atoms with Crippen LogP contribution in [0.4, 0.5) is 5.69 Å². The van der Waals surface area contributed by atoms with E-state index in [1.807, 2.05) is 52.5 Å². The van der Waals surface area contributed by atoms with Crippen molar-refractivity contribution in [1.82, 2.24) is 9.38 Å². The number of fused-ring (bicyclic) bond motifs is 1. The number of aromatic nitrogens is 2. The molecule has 1 amide bonds. The first-order chi connectivity index (χ1) is 8.81. The van der Waals surface area contributed by atoms with Gasteiger partial charge in [-0.2, -0.15) is 0 Å². The van der Waals surface area contributed by atoms with Gasteiger partial charge < -0.3 is 5.32 Å². The van der Waals surface area contributed by atoms with Crippen LogP contribution >= 0.6 is 11.3 Å². The number of anilines is 1. The second-order valence-corrected chi connectivity index (χ2v) is 4.79. The molecule has 3 rings (SSSR count). The number of para-hydroxylation sites is 1. The lowest BCUT2D eigenvalue weighted by Gasteiger charge is -2.02. The standard InChI is InChI=1S/C13H11N3OS/c17-12(14-10-4-2-1-3-5-10)8-11-9-16-6-7-18-13(16)15-11/h1-7,9H,8H2,(H,14,17). The van der Waals surface area contributed by atoms with E-state index in [2.05, 4.69) is 10.3 Å². The second kappa shape index (κ2) is 4.62. The number of carbonyl (C=O) groups excluding carboxylic acids is 1. The lowest BCUT2D eigenvalue weighted by atomic mass is 10.3. The van der Waals surface area contributed by atoms with Crippen LogP contribution in [0, 0.1) is 0 Å². The molecule has 0 unspecified atom stereocenters. The fourth-order valence-electron chi connectivity index (χ4n) is 1.75. The summed E-state index contributed by atoms with van der Waals surface area (Å²) in [5.41, 5.74) is 1.60. The number of carbonyl (C=O) groups is 1. The van der Waals surface area contributed by atoms with Crippen molar-refractivity contribution in [3.8, 4) is 0 Å². The molecule has 0 fully saturated rings. The van der Waals surface area contributed by atoms with Crippen LogP contribution in [0.1, 0.15) is 5.69 Å². The Morgan fingerprint density at radius 2 is 2.17 bits per heavy atom. The minimum atomic E-state index is -0.0491. The number of rotatable bonds is 3. The SMILES string of the molecule is O=C(Cc1cn2ccsc2n1)Nc1ccccc1. The summed E-state index contributed by atoms with van der Waals surface area (Å²) in [6, 6.07) is 9.43. The lowest BCUT2D eigenvalue weighted by molar-refractivity contribution is -0.115. The van der Waals surface area contributed by atoms with E-state index in [9.17, 15) is 4.79 Å². The molecule has 0 radical (unpaired) electrons. The summed E-state index contributed by atoms with van der Waals surface area (Å²) in [7, 11) is 0. The highest BCUT2D eigenvalue weighted by Crippen LogP contribution is 2.12. The smallest absolute Gasteiger partial charge is 0.230 e. The Morgan fingerprint density at radius 1 is 1.33 bits per heavy atom. The molecular formula is C13H11N3OS. The van der Waals surface area contributed by atoms with E-state index >= 15 is 0 Å². The molecule has 3 aromatic rings. The Labute approximate surface area is 108 Å². The molecule has 18 heavy (non-hydrogen) atoms. The van der Waals surface area contributed by atoms with Crippen molar-refractivity contribution in [3.05, 3.63) is 53.8 Å². The third-order valence-electron chi connectivity index (χ3n) is 2.54. The van der Waals surface area contributed by atoms with Crippen LogP contribution in [-0.2, 0) is 11.2 Å². The van der Waals surface area contributed by atoms with Crippen molar-refractivity contribution >= 4 is 27.9 Å². The van der Waals surface area contributed by atoms with Gasteiger partial charge in [0.05, 0.1) is 12.1 Å². The molecule has 0 atom stereocenters. The van der Waals surface area contributed by atoms with Crippen LogP contribution in [0.5, 0.6) is 0 Å². The summed E-state index contributed by atoms with van der Waals surface area (Å²) in [6.07, 6.45) is 4.12. The monoisotopic (exact) mass is 257 g/mol. The molecule has 0 aliphatic rings. The highest BCUT2D eigenvalue weighted by molar-refractivity contribution is 7.15. The van der Waals surface area contributed by atoms with Crippen molar-refractivity contribution in [2.45, 2.75) is 6.42 Å². The van der Waals surface area contributed by atoms with Gasteiger partial charge in [0.2, 0.25) is 5.91 Å². The molecule has 0 bridgehead atoms. The largest absolute Gasteiger partial charge is 0.326 e. The third kappa shape index (κ3) is 2.26. The van der Waals surface area contributed by atoms with Gasteiger partial charge in [-0.05, 0) is 12.1 Å². The van der Waals surface area contributed by atoms with Crippen LogP contribution in [0.25, 0.3) is 4.96 Å². The summed E-state index contributed by atoms with van der Waals surface area (Å²) in [4.78, 5) is 17.1. The van der Waals surface area contributed by atoms with Gasteiger partial charge in [-0.1, -0.05) is 18.2 Å². The van der Waals surface area contributed by atoms with Gasteiger partial charge >= 0.3 is 0 Å². The number of thiazole rings is 1. The Hall–Kier alpha value is -2.14. The number of nitrogens with zero attached hydrogens (tertiary/aromatic N) is 2. The second-order valence-electron chi connectivity index (χ2n) is 3.92. The van der Waals surface area contributed by atoms with Gasteiger partial charge in [0.25, 0.3) is 0 Å². The Morgan fingerprint density at radius 3 is 2.94 bits per heavy atom. The molecule has 1 N–H and O–H groups in total. The Balaban J connectivity index is 1.69. The van der Waals surface area contributed by atoms with E-state index in [1.165, 1.54) is 0 Å². The predicted molar refractivity (Wildman–Crippen MR) is 71.8 cm³/mol. The highest BCUT2D eigenvalue weighted by atomic mass is 32.1. The maximum atomic E-state index is 11.8. The van der Waals surface area contributed by atoms with Crippen LogP contribution in [0.3, 0.4) is 0 Å². The maximum Gasteiger partial charge on any atom is 0.230 e. The van der Waals surface area contributed by atoms with E-state index in [0.29, 0.717) is 6.42 Å². The Kier molecular flexibility index (Phi) is 2.82. The zero-order chi connectivity index (χ0) is 12.4. The maximum absolute atomic E-state index is 11.8. The minimum absolute atomic E-state index is 0.0491. The molecule has 0 aliphatic carbocycles. The number of hydrogen-bond donors (Lipinski definition) is 1. The average molecular weight is 257 g/mol. The molecule has 2 heterocycles. The average Bonchev–Trinajstić information content (AvgIpc) is 2.90. The van der Waals surface area contributed by atoms with Crippen molar-refractivity contribution in [1.29, 1.82) is 0 Å². The summed E-state index contributed by atoms with van der Waals surface area (Å²) in [6.45, 7) is 0. The first-order valence-corrected chi connectivity index (χ1v) is 6.45. The summed E-state index contributed by atoms with van der Waals surface area (Å²) >= 11 is 1.56. The van der Waals surface area contributed by atoms with Crippen molar-refractivity contribution in [2.24, 2.45) is 0 Å². The summed E-state index contributed by atoms with van der Waals surface area (Å²) in [5, 5.41) is 4.81. The molecular weight excluding hydrogens is 246 g/mol. The number of nitrogens with one attached hydrogen (secondary N) is 1. The summed E-state index contributed by atoms with van der Waals surface area (Å²) in [5.74, 6) is -0.0491. The molecule has 0 spiro atoms. The number of hydrogen-bond acceptors (Lipinski definition) is 3. The summed E-state index contributed by atoms with van der Waals surface area (Å²) < 4.78 is 1.93. The molecule has 2 aromatic heterocycles. The van der Waals surface area contributed by atoms with E-state index in [1.54, 1.807) is 11.3 Å². The van der Waals surface area contributed by atoms with Crippen LogP contribution in [0.15, 0.2) is 48.1 Å². The molecule has 5 heteroatoms. The van der Waals surface area contributed by atoms with Crippen molar-refractivity contribution < 1.29 is 4.79 Å². The van der Waals surface area contributed by atoms with Crippen LogP contribution < -0.4 is 5.32 Å². The molecule has 0 saturated heterocycles. The molecule has 0 aliphatic heterocycles. The topological polar surface area (TPSA) is 46.4 Å². The van der Waals surface area contributed by atoms with E-state index in [0.717, 1.165) is 16.3 Å². The molecule has 0 saturated carbocycles. The van der Waals surface area contributed by atoms with Crippen LogP contribution in [-0.4, -0.2) is 15.3 Å². The highest BCUT2D eigenvalue weighted by Gasteiger charge is 2.08. The first-order valence-electron chi connectivity index (χ1n) is 5.57. The van der Waals surface area contributed by atoms with E-state index < -0.39 is 0 Å². The van der Waals surface area contributed by atoms with Gasteiger partial charge in [-0.3, -0.25) is 9.20 Å². The third-order valence-corrected chi connectivity index (χ3v) is 3.31. The minimum Gasteiger partial charge on any atom is -0.326 e. The van der Waals surface area contributed by atoms with Crippen molar-refractivity contribution in [3.63, 3.8) is 0 Å². The van der Waals surface area contributed by atoms with Gasteiger partial charge in [0, 0.05) is 23.5 Å². The van der Waals surface area contributed by atoms with Gasteiger partial charge in [0.1, 0.15) is 0 Å². The van der Waals surface area contributed by atoms with Gasteiger partial charge in [-0.15, -0.1) is 11.3 Å². The number of imidazole rings is 1. The van der Waals surface area contributed by atoms with E-state index in [-0.39, 0.29) is 5.91 Å². The number of benzene rings is 1. The van der Waals surface area contributed by atoms with Gasteiger partial charge in [0.15, 0.2) is 4.96 Å². The number of amides is 1. The fourth-order valence-corrected chi connectivity index (χ4v) is 2.47. The molecule has 1 aromatic carbocycles. The first kappa shape index (κ1) is 11.0. The molecule has 90 valence electrons. The Bertz CT molecular complexity index is 643. The van der Waals surface area contributed by atoms with Crippen molar-refractivity contribution in [2.75, 3.05) is 5.32 Å². The quantitative estimate of drug-likeness (QED) is 0.784. The predicted octanol–water partition coefficient (Wildman–Crippen LogP) is 2.58. The van der Waals surface area contributed by atoms with Gasteiger partial charge in [-0.25, -0.2) is 4.98 Å². The lowest BCUT2D eigenvalue weighted by Crippen LogP contribution is -2.14. The fraction of sp³-hybridized carbons (Fsp3) is 0.0769.